The molecule has 6 rings (SSSR count). The Kier molecular flexibility index (Phi) is 7.16. The van der Waals surface area contributed by atoms with Crippen LogP contribution in [-0.2, 0) is 4.74 Å². The number of morpholine rings is 1. The minimum Gasteiger partial charge on any atom is -0.377 e. The van der Waals surface area contributed by atoms with Gasteiger partial charge in [-0.25, -0.2) is 9.37 Å². The molecule has 0 unspecified atom stereocenters. The monoisotopic (exact) mass is 537 g/mol. The van der Waals surface area contributed by atoms with Gasteiger partial charge in [0.1, 0.15) is 17.2 Å². The lowest BCUT2D eigenvalue weighted by Crippen LogP contribution is -2.53. The van der Waals surface area contributed by atoms with Gasteiger partial charge in [0.2, 0.25) is 5.95 Å². The van der Waals surface area contributed by atoms with E-state index in [4.69, 9.17) is 4.74 Å². The highest BCUT2D eigenvalue weighted by Crippen LogP contribution is 2.38. The Bertz CT molecular complexity index is 1380. The number of hydrogen-bond acceptors (Lipinski definition) is 5. The lowest BCUT2D eigenvalue weighted by molar-refractivity contribution is 0.00361. The fourth-order valence-corrected chi connectivity index (χ4v) is 6.55. The molecule has 0 radical (unpaired) electrons. The summed E-state index contributed by atoms with van der Waals surface area (Å²) in [6, 6.07) is 6.59. The molecule has 3 fully saturated rings. The van der Waals surface area contributed by atoms with Crippen molar-refractivity contribution in [3.8, 4) is 11.1 Å². The fraction of sp³-hybridized carbons (Fsp3) is 0.533. The highest BCUT2D eigenvalue weighted by Gasteiger charge is 2.36. The quantitative estimate of drug-likeness (QED) is 0.528. The topological polar surface area (TPSA) is 62.1 Å². The third-order valence-electron chi connectivity index (χ3n) is 9.04. The maximum absolute atomic E-state index is 15.3. The van der Waals surface area contributed by atoms with E-state index in [2.05, 4.69) is 22.1 Å². The molecule has 39 heavy (non-hydrogen) atoms. The molecule has 3 aliphatic heterocycles. The third kappa shape index (κ3) is 4.85. The zero-order valence-electron chi connectivity index (χ0n) is 22.9. The van der Waals surface area contributed by atoms with Crippen molar-refractivity contribution in [3.05, 3.63) is 59.2 Å². The van der Waals surface area contributed by atoms with E-state index in [9.17, 15) is 9.18 Å². The summed E-state index contributed by atoms with van der Waals surface area (Å²) in [5.41, 5.74) is 2.71. The number of hydrogen-bond donors (Lipinski definition) is 1. The molecule has 0 spiro atoms. The average molecular weight is 538 g/mol. The zero-order valence-corrected chi connectivity index (χ0v) is 22.9. The number of likely N-dealkylation sites (tertiary alicyclic amines) is 1. The summed E-state index contributed by atoms with van der Waals surface area (Å²) in [4.78, 5) is 22.1. The first-order valence-electron chi connectivity index (χ1n) is 14.1. The van der Waals surface area contributed by atoms with Crippen LogP contribution in [0, 0.1) is 24.6 Å². The van der Waals surface area contributed by atoms with Gasteiger partial charge in [-0.2, -0.15) is 4.39 Å². The normalized spacial score (nSPS) is 22.3. The Morgan fingerprint density at radius 2 is 1.92 bits per heavy atom. The summed E-state index contributed by atoms with van der Waals surface area (Å²) in [5, 5.41) is 3.45. The number of piperidine rings is 1. The minimum absolute atomic E-state index is 0.134. The van der Waals surface area contributed by atoms with E-state index in [1.165, 1.54) is 25.0 Å². The predicted molar refractivity (Wildman–Crippen MR) is 146 cm³/mol. The Hall–Kier alpha value is -2.88. The second-order valence-electron chi connectivity index (χ2n) is 11.4. The first kappa shape index (κ1) is 26.3. The van der Waals surface area contributed by atoms with Crippen molar-refractivity contribution in [3.63, 3.8) is 0 Å². The number of fused-ring (bicyclic) bond motifs is 1. The smallest absolute Gasteiger partial charge is 0.254 e. The van der Waals surface area contributed by atoms with Gasteiger partial charge in [0.15, 0.2) is 0 Å². The van der Waals surface area contributed by atoms with Crippen molar-refractivity contribution in [1.82, 2.24) is 24.5 Å². The molecule has 0 bridgehead atoms. The second-order valence-corrected chi connectivity index (χ2v) is 11.4. The predicted octanol–water partition coefficient (Wildman–Crippen LogP) is 4.24. The number of aromatic nitrogens is 2. The third-order valence-corrected chi connectivity index (χ3v) is 9.04. The highest BCUT2D eigenvalue weighted by atomic mass is 19.1. The minimum atomic E-state index is -0.591. The van der Waals surface area contributed by atoms with E-state index in [1.807, 2.05) is 19.2 Å². The summed E-state index contributed by atoms with van der Waals surface area (Å²) in [5.74, 6) is 0.174. The van der Waals surface area contributed by atoms with Crippen LogP contribution in [0.5, 0.6) is 0 Å². The number of benzene rings is 1. The molecular formula is C30H37F2N5O2. The molecule has 9 heteroatoms. The molecule has 2 aromatic heterocycles. The van der Waals surface area contributed by atoms with Crippen LogP contribution in [0.4, 0.5) is 8.78 Å². The molecule has 208 valence electrons. The van der Waals surface area contributed by atoms with Crippen LogP contribution in [0.3, 0.4) is 0 Å². The van der Waals surface area contributed by atoms with Crippen molar-refractivity contribution in [2.45, 2.75) is 51.6 Å². The molecule has 0 aliphatic carbocycles. The van der Waals surface area contributed by atoms with Crippen LogP contribution in [0.1, 0.15) is 54.4 Å². The molecule has 1 aromatic carbocycles. The second kappa shape index (κ2) is 10.6. The Morgan fingerprint density at radius 1 is 1.15 bits per heavy atom. The van der Waals surface area contributed by atoms with E-state index in [0.717, 1.165) is 31.7 Å². The molecule has 0 saturated carbocycles. The summed E-state index contributed by atoms with van der Waals surface area (Å²) >= 11 is 0. The molecular weight excluding hydrogens is 500 g/mol. The van der Waals surface area contributed by atoms with Crippen molar-refractivity contribution >= 4 is 11.4 Å². The van der Waals surface area contributed by atoms with E-state index in [1.54, 1.807) is 22.3 Å². The van der Waals surface area contributed by atoms with E-state index >= 15 is 4.39 Å². The number of carbonyl (C=O) groups is 1. The number of nitrogens with zero attached hydrogens (tertiary/aromatic N) is 4. The molecule has 1 amide bonds. The number of halogens is 2. The molecule has 2 atom stereocenters. The fourth-order valence-electron chi connectivity index (χ4n) is 6.55. The van der Waals surface area contributed by atoms with Gasteiger partial charge in [-0.1, -0.05) is 6.07 Å². The summed E-state index contributed by atoms with van der Waals surface area (Å²) in [6.45, 7) is 11.4. The standard InChI is InChI=1S/C30H37F2N5O2/c1-18-17-39-11-10-36(18)30(38)27-13-24(31)4-5-25(27)26-12-22(16-37-20(3)34-29(32)28(26)37)23-14-35(15-23)19(2)21-6-8-33-9-7-21/h4-5,12-13,16,18-19,21,23,33H,6-11,14-15,17H2,1-3H3/t18-,19-/m1/s1. The number of pyridine rings is 1. The van der Waals surface area contributed by atoms with Gasteiger partial charge >= 0.3 is 0 Å². The van der Waals surface area contributed by atoms with Crippen LogP contribution in [0.25, 0.3) is 16.6 Å². The number of carbonyl (C=O) groups excluding carboxylic acids is 1. The highest BCUT2D eigenvalue weighted by molar-refractivity contribution is 6.03. The van der Waals surface area contributed by atoms with Crippen LogP contribution < -0.4 is 5.32 Å². The zero-order chi connectivity index (χ0) is 27.3. The van der Waals surface area contributed by atoms with Crippen molar-refractivity contribution < 1.29 is 18.3 Å². The SMILES string of the molecule is Cc1nc(F)c2c(-c3ccc(F)cc3C(=O)N3CCOC[C@H]3C)cc(C3CN([C@H](C)C4CCNCC4)C3)cn12. The van der Waals surface area contributed by atoms with Crippen molar-refractivity contribution in [1.29, 1.82) is 0 Å². The molecule has 5 heterocycles. The first-order valence-corrected chi connectivity index (χ1v) is 14.1. The van der Waals surface area contributed by atoms with Crippen LogP contribution >= 0.6 is 0 Å². The van der Waals surface area contributed by atoms with E-state index in [0.29, 0.717) is 60.1 Å². The summed E-state index contributed by atoms with van der Waals surface area (Å²) in [7, 11) is 0. The van der Waals surface area contributed by atoms with Crippen LogP contribution in [-0.4, -0.2) is 83.1 Å². The lowest BCUT2D eigenvalue weighted by atomic mass is 9.84. The van der Waals surface area contributed by atoms with Crippen molar-refractivity contribution in [2.24, 2.45) is 5.92 Å². The number of aryl methyl sites for hydroxylation is 1. The molecule has 3 aliphatic rings. The number of imidazole rings is 1. The van der Waals surface area contributed by atoms with Gasteiger partial charge in [-0.15, -0.1) is 0 Å². The Morgan fingerprint density at radius 3 is 2.67 bits per heavy atom. The van der Waals surface area contributed by atoms with Gasteiger partial charge in [0.25, 0.3) is 5.91 Å². The number of ether oxygens (including phenoxy) is 1. The average Bonchev–Trinajstić information content (AvgIpc) is 3.20. The molecule has 1 N–H and O–H groups in total. The van der Waals surface area contributed by atoms with Gasteiger partial charge in [-0.05, 0) is 81.9 Å². The Labute approximate surface area is 228 Å². The van der Waals surface area contributed by atoms with Gasteiger partial charge < -0.3 is 19.4 Å². The lowest BCUT2D eigenvalue weighted by Gasteiger charge is -2.47. The number of amides is 1. The molecule has 3 saturated heterocycles. The molecule has 3 aromatic rings. The number of nitrogens with one attached hydrogen (secondary N) is 1. The van der Waals surface area contributed by atoms with E-state index < -0.39 is 11.8 Å². The van der Waals surface area contributed by atoms with Gasteiger partial charge in [0, 0.05) is 43.4 Å². The maximum Gasteiger partial charge on any atom is 0.254 e. The maximum atomic E-state index is 15.3. The number of rotatable bonds is 5. The van der Waals surface area contributed by atoms with Crippen LogP contribution in [0.2, 0.25) is 0 Å². The van der Waals surface area contributed by atoms with Gasteiger partial charge in [0.05, 0.1) is 24.8 Å². The first-order chi connectivity index (χ1) is 18.8. The summed E-state index contributed by atoms with van der Waals surface area (Å²) < 4.78 is 37.1. The Balaban J connectivity index is 1.37. The molecule has 7 nitrogen and oxygen atoms in total. The van der Waals surface area contributed by atoms with Crippen molar-refractivity contribution in [2.75, 3.05) is 45.9 Å². The largest absolute Gasteiger partial charge is 0.377 e. The van der Waals surface area contributed by atoms with Crippen LogP contribution in [0.15, 0.2) is 30.5 Å². The van der Waals surface area contributed by atoms with E-state index in [-0.39, 0.29) is 17.5 Å². The summed E-state index contributed by atoms with van der Waals surface area (Å²) in [6.07, 6.45) is 4.39. The van der Waals surface area contributed by atoms with Gasteiger partial charge in [-0.3, -0.25) is 9.69 Å².